The molecule has 1 unspecified atom stereocenters. The van der Waals surface area contributed by atoms with Crippen molar-refractivity contribution >= 4 is 23.2 Å². The Kier molecular flexibility index (Phi) is 5.38. The monoisotopic (exact) mass is 465 g/mol. The predicted octanol–water partition coefficient (Wildman–Crippen LogP) is 4.36. The first kappa shape index (κ1) is 22.4. The Balaban J connectivity index is 1.68. The van der Waals surface area contributed by atoms with Gasteiger partial charge in [0.1, 0.15) is 17.3 Å². The number of pyridine rings is 1. The van der Waals surface area contributed by atoms with Crippen molar-refractivity contribution in [2.75, 3.05) is 16.8 Å². The minimum Gasteiger partial charge on any atom is -0.320 e. The highest BCUT2D eigenvalue weighted by atomic mass is 19.4. The molecule has 0 saturated carbocycles. The maximum absolute atomic E-state index is 14.1. The summed E-state index contributed by atoms with van der Waals surface area (Å²) in [6, 6.07) is 1.70. The van der Waals surface area contributed by atoms with E-state index < -0.39 is 41.2 Å². The highest BCUT2D eigenvalue weighted by Gasteiger charge is 2.37. The zero-order valence-corrected chi connectivity index (χ0v) is 17.2. The summed E-state index contributed by atoms with van der Waals surface area (Å²) < 4.78 is 67.8. The number of carbonyl (C=O) groups excluding carboxylic acids is 2. The van der Waals surface area contributed by atoms with E-state index >= 15 is 0 Å². The van der Waals surface area contributed by atoms with Crippen LogP contribution in [0.2, 0.25) is 0 Å². The first-order valence-corrected chi connectivity index (χ1v) is 9.66. The maximum Gasteiger partial charge on any atom is 0.419 e. The third-order valence-electron chi connectivity index (χ3n) is 5.32. The fraction of sp³-hybridized carbons (Fsp3) is 0.238. The predicted molar refractivity (Wildman–Crippen MR) is 107 cm³/mol. The molecule has 0 bridgehead atoms. The van der Waals surface area contributed by atoms with Crippen LogP contribution in [0.4, 0.5) is 33.3 Å². The molecule has 3 heterocycles. The number of amides is 2. The number of fused-ring (bicyclic) bond motifs is 1. The zero-order valence-electron chi connectivity index (χ0n) is 17.2. The lowest BCUT2D eigenvalue weighted by atomic mass is 10.1. The highest BCUT2D eigenvalue weighted by Crippen LogP contribution is 2.35. The van der Waals surface area contributed by atoms with Crippen molar-refractivity contribution in [1.29, 1.82) is 0 Å². The number of hydrogen-bond acceptors (Lipinski definition) is 4. The molecule has 2 amide bonds. The number of carbonyl (C=O) groups is 2. The number of alkyl halides is 3. The van der Waals surface area contributed by atoms with E-state index in [4.69, 9.17) is 0 Å². The van der Waals surface area contributed by atoms with E-state index in [0.29, 0.717) is 12.1 Å². The third-order valence-corrected chi connectivity index (χ3v) is 5.32. The number of nitrogens with zero attached hydrogens (tertiary/aromatic N) is 4. The molecule has 1 atom stereocenters. The summed E-state index contributed by atoms with van der Waals surface area (Å²) in [5, 5.41) is 6.55. The van der Waals surface area contributed by atoms with Crippen molar-refractivity contribution < 1.29 is 31.5 Å². The molecule has 0 aliphatic carbocycles. The molecule has 1 aliphatic heterocycles. The van der Waals surface area contributed by atoms with Crippen LogP contribution in [-0.4, -0.2) is 33.1 Å². The largest absolute Gasteiger partial charge is 0.419 e. The molecule has 0 saturated heterocycles. The molecule has 4 rings (SSSR count). The smallest absolute Gasteiger partial charge is 0.320 e. The van der Waals surface area contributed by atoms with Crippen LogP contribution in [0.5, 0.6) is 0 Å². The van der Waals surface area contributed by atoms with Crippen molar-refractivity contribution in [2.24, 2.45) is 0 Å². The van der Waals surface area contributed by atoms with Gasteiger partial charge in [0.2, 0.25) is 0 Å². The van der Waals surface area contributed by atoms with Gasteiger partial charge in [0.05, 0.1) is 41.4 Å². The van der Waals surface area contributed by atoms with E-state index in [1.165, 1.54) is 17.8 Å². The van der Waals surface area contributed by atoms with Crippen LogP contribution in [0.25, 0.3) is 0 Å². The average Bonchev–Trinajstić information content (AvgIpc) is 3.19. The van der Waals surface area contributed by atoms with E-state index in [9.17, 15) is 31.5 Å². The van der Waals surface area contributed by atoms with Crippen molar-refractivity contribution in [3.05, 3.63) is 70.8 Å². The van der Waals surface area contributed by atoms with Crippen molar-refractivity contribution in [3.8, 4) is 0 Å². The van der Waals surface area contributed by atoms with Gasteiger partial charge in [-0.1, -0.05) is 0 Å². The molecule has 0 fully saturated rings. The number of anilines is 2. The molecular weight excluding hydrogens is 449 g/mol. The number of rotatable bonds is 3. The van der Waals surface area contributed by atoms with Crippen LogP contribution in [0.3, 0.4) is 0 Å². The van der Waals surface area contributed by atoms with Crippen molar-refractivity contribution in [3.63, 3.8) is 0 Å². The van der Waals surface area contributed by atoms with Crippen LogP contribution < -0.4 is 10.2 Å². The van der Waals surface area contributed by atoms with E-state index in [-0.39, 0.29) is 34.7 Å². The van der Waals surface area contributed by atoms with Crippen LogP contribution in [0, 0.1) is 18.6 Å². The minimum absolute atomic E-state index is 0.00764. The van der Waals surface area contributed by atoms with Crippen molar-refractivity contribution in [1.82, 2.24) is 14.8 Å². The second-order valence-electron chi connectivity index (χ2n) is 7.53. The van der Waals surface area contributed by atoms with Gasteiger partial charge >= 0.3 is 6.18 Å². The summed E-state index contributed by atoms with van der Waals surface area (Å²) in [5.74, 6) is -3.66. The first-order chi connectivity index (χ1) is 15.5. The molecule has 1 N–H and O–H groups in total. The lowest BCUT2D eigenvalue weighted by molar-refractivity contribution is -0.139. The SMILES string of the molecule is Cc1c(F)cncc1NC(=O)c1cnn2c1C(=O)N(c1ccc(C(F)(F)F)c(F)c1)CC2C. The van der Waals surface area contributed by atoms with Crippen molar-refractivity contribution in [2.45, 2.75) is 26.1 Å². The standard InChI is InChI=1S/C21H16F5N5O2/c1-10-9-30(12-3-4-14(15(22)5-12)21(24,25)26)20(33)18-13(6-28-31(10)18)19(32)29-17-8-27-7-16(23)11(17)2/h3-8,10H,9H2,1-2H3,(H,29,32). The summed E-state index contributed by atoms with van der Waals surface area (Å²) in [6.45, 7) is 3.11. The quantitative estimate of drug-likeness (QED) is 0.583. The molecule has 1 aromatic carbocycles. The van der Waals surface area contributed by atoms with Gasteiger partial charge in [0.25, 0.3) is 11.8 Å². The summed E-state index contributed by atoms with van der Waals surface area (Å²) >= 11 is 0. The molecule has 3 aromatic rings. The molecule has 1 aliphatic rings. The van der Waals surface area contributed by atoms with Gasteiger partial charge in [-0.2, -0.15) is 18.3 Å². The van der Waals surface area contributed by atoms with Crippen LogP contribution in [0.15, 0.2) is 36.8 Å². The van der Waals surface area contributed by atoms with E-state index in [2.05, 4.69) is 15.4 Å². The fourth-order valence-electron chi connectivity index (χ4n) is 3.57. The highest BCUT2D eigenvalue weighted by molar-refractivity contribution is 6.15. The average molecular weight is 465 g/mol. The molecule has 7 nitrogen and oxygen atoms in total. The molecule has 172 valence electrons. The molecule has 0 radical (unpaired) electrons. The lowest BCUT2D eigenvalue weighted by Crippen LogP contribution is -2.43. The van der Waals surface area contributed by atoms with Gasteiger partial charge in [-0.25, -0.2) is 8.78 Å². The second kappa shape index (κ2) is 7.94. The Bertz CT molecular complexity index is 1270. The van der Waals surface area contributed by atoms with E-state index in [1.807, 2.05) is 0 Å². The number of nitrogens with one attached hydrogen (secondary N) is 1. The number of hydrogen-bond donors (Lipinski definition) is 1. The number of halogens is 5. The van der Waals surface area contributed by atoms with Crippen LogP contribution in [0.1, 0.15) is 44.9 Å². The summed E-state index contributed by atoms with van der Waals surface area (Å²) in [4.78, 5) is 30.8. The summed E-state index contributed by atoms with van der Waals surface area (Å²) in [6.07, 6.45) is -1.49. The summed E-state index contributed by atoms with van der Waals surface area (Å²) in [7, 11) is 0. The topological polar surface area (TPSA) is 80.1 Å². The summed E-state index contributed by atoms with van der Waals surface area (Å²) in [5.41, 5.74) is -1.57. The molecule has 0 spiro atoms. The van der Waals surface area contributed by atoms with Crippen LogP contribution >= 0.6 is 0 Å². The molecule has 12 heteroatoms. The fourth-order valence-corrected chi connectivity index (χ4v) is 3.57. The maximum atomic E-state index is 14.1. The van der Waals surface area contributed by atoms with Crippen LogP contribution in [-0.2, 0) is 6.18 Å². The molecule has 2 aromatic heterocycles. The van der Waals surface area contributed by atoms with Gasteiger partial charge in [-0.05, 0) is 32.0 Å². The van der Waals surface area contributed by atoms with Gasteiger partial charge in [0, 0.05) is 17.8 Å². The normalized spacial score (nSPS) is 16.0. The van der Waals surface area contributed by atoms with Gasteiger partial charge in [-0.15, -0.1) is 0 Å². The third kappa shape index (κ3) is 3.92. The van der Waals surface area contributed by atoms with E-state index in [0.717, 1.165) is 23.4 Å². The minimum atomic E-state index is -4.88. The first-order valence-electron chi connectivity index (χ1n) is 9.66. The van der Waals surface area contributed by atoms with E-state index in [1.54, 1.807) is 6.92 Å². The Morgan fingerprint density at radius 1 is 1.15 bits per heavy atom. The second-order valence-corrected chi connectivity index (χ2v) is 7.53. The van der Waals surface area contributed by atoms with Gasteiger partial charge in [-0.3, -0.25) is 19.3 Å². The Morgan fingerprint density at radius 3 is 2.55 bits per heavy atom. The zero-order chi connectivity index (χ0) is 24.1. The Hall–Kier alpha value is -3.83. The molecule has 33 heavy (non-hydrogen) atoms. The number of benzene rings is 1. The lowest BCUT2D eigenvalue weighted by Gasteiger charge is -2.32. The number of aromatic nitrogens is 3. The molecular formula is C21H16F5N5O2. The van der Waals surface area contributed by atoms with Gasteiger partial charge in [0.15, 0.2) is 0 Å². The Labute approximate surface area is 183 Å². The van der Waals surface area contributed by atoms with Gasteiger partial charge < -0.3 is 10.2 Å². The Morgan fingerprint density at radius 2 is 1.88 bits per heavy atom.